The van der Waals surface area contributed by atoms with Crippen molar-refractivity contribution in [3.63, 3.8) is 0 Å². The standard InChI is InChI=1S/C21H19N3O4/c1-27-20-15-5-3-4-6-16(15)21(28-2)18-12-23(19(22)11-17(18)20)13-7-9-14(10-8-13)24(25)26/h3-10,22H,11-12H2,1-2H3. The average molecular weight is 377 g/mol. The van der Waals surface area contributed by atoms with Crippen molar-refractivity contribution in [2.45, 2.75) is 13.0 Å². The van der Waals surface area contributed by atoms with Gasteiger partial charge in [-0.2, -0.15) is 0 Å². The number of nitro benzene ring substituents is 1. The summed E-state index contributed by atoms with van der Waals surface area (Å²) < 4.78 is 11.5. The molecule has 0 aromatic heterocycles. The van der Waals surface area contributed by atoms with Gasteiger partial charge in [-0.05, 0) is 12.1 Å². The van der Waals surface area contributed by atoms with Crippen molar-refractivity contribution in [1.29, 1.82) is 5.41 Å². The first-order valence-corrected chi connectivity index (χ1v) is 8.79. The highest BCUT2D eigenvalue weighted by Crippen LogP contribution is 2.44. The molecule has 0 aliphatic carbocycles. The van der Waals surface area contributed by atoms with Crippen LogP contribution in [0.3, 0.4) is 0 Å². The number of benzene rings is 3. The Kier molecular flexibility index (Phi) is 4.35. The number of methoxy groups -OCH3 is 2. The van der Waals surface area contributed by atoms with Gasteiger partial charge in [0, 0.05) is 46.1 Å². The van der Waals surface area contributed by atoms with Gasteiger partial charge < -0.3 is 14.4 Å². The van der Waals surface area contributed by atoms with Gasteiger partial charge in [-0.3, -0.25) is 15.5 Å². The molecule has 4 rings (SSSR count). The van der Waals surface area contributed by atoms with E-state index in [1.54, 1.807) is 26.4 Å². The topological polar surface area (TPSA) is 88.7 Å². The Bertz CT molecular complexity index is 1090. The molecule has 7 heteroatoms. The van der Waals surface area contributed by atoms with Crippen LogP contribution in [0, 0.1) is 15.5 Å². The van der Waals surface area contributed by atoms with E-state index in [1.165, 1.54) is 12.1 Å². The molecule has 0 fully saturated rings. The van der Waals surface area contributed by atoms with Gasteiger partial charge in [0.1, 0.15) is 17.3 Å². The molecule has 1 aliphatic heterocycles. The van der Waals surface area contributed by atoms with Crippen LogP contribution >= 0.6 is 0 Å². The lowest BCUT2D eigenvalue weighted by molar-refractivity contribution is -0.384. The number of fused-ring (bicyclic) bond motifs is 2. The van der Waals surface area contributed by atoms with Gasteiger partial charge in [-0.15, -0.1) is 0 Å². The number of amidine groups is 1. The lowest BCUT2D eigenvalue weighted by Crippen LogP contribution is -2.36. The van der Waals surface area contributed by atoms with Crippen LogP contribution in [-0.4, -0.2) is 25.0 Å². The van der Waals surface area contributed by atoms with Gasteiger partial charge in [0.2, 0.25) is 0 Å². The molecular formula is C21H19N3O4. The average Bonchev–Trinajstić information content (AvgIpc) is 2.71. The van der Waals surface area contributed by atoms with Crippen LogP contribution in [0.5, 0.6) is 11.5 Å². The fourth-order valence-corrected chi connectivity index (χ4v) is 3.82. The van der Waals surface area contributed by atoms with Gasteiger partial charge in [0.05, 0.1) is 25.7 Å². The van der Waals surface area contributed by atoms with E-state index in [2.05, 4.69) is 0 Å². The van der Waals surface area contributed by atoms with Crippen molar-refractivity contribution in [2.24, 2.45) is 0 Å². The third-order valence-corrected chi connectivity index (χ3v) is 5.10. The molecule has 3 aromatic carbocycles. The van der Waals surface area contributed by atoms with Crippen molar-refractivity contribution < 1.29 is 14.4 Å². The van der Waals surface area contributed by atoms with Crippen LogP contribution in [0.2, 0.25) is 0 Å². The Morgan fingerprint density at radius 1 is 0.964 bits per heavy atom. The van der Waals surface area contributed by atoms with Gasteiger partial charge in [0.25, 0.3) is 5.69 Å². The van der Waals surface area contributed by atoms with Crippen LogP contribution < -0.4 is 14.4 Å². The second-order valence-corrected chi connectivity index (χ2v) is 6.55. The molecule has 28 heavy (non-hydrogen) atoms. The Balaban J connectivity index is 1.85. The normalized spacial score (nSPS) is 13.4. The zero-order chi connectivity index (χ0) is 19.8. The quantitative estimate of drug-likeness (QED) is 0.541. The number of anilines is 1. The van der Waals surface area contributed by atoms with Crippen molar-refractivity contribution in [2.75, 3.05) is 19.1 Å². The first kappa shape index (κ1) is 17.8. The van der Waals surface area contributed by atoms with Crippen molar-refractivity contribution in [1.82, 2.24) is 0 Å². The zero-order valence-corrected chi connectivity index (χ0v) is 15.6. The Labute approximate surface area is 161 Å². The van der Waals surface area contributed by atoms with Crippen molar-refractivity contribution >= 4 is 28.0 Å². The predicted molar refractivity (Wildman–Crippen MR) is 108 cm³/mol. The maximum Gasteiger partial charge on any atom is 0.269 e. The lowest BCUT2D eigenvalue weighted by atomic mass is 9.91. The Morgan fingerprint density at radius 2 is 1.54 bits per heavy atom. The first-order valence-electron chi connectivity index (χ1n) is 8.79. The number of ether oxygens (including phenoxy) is 2. The summed E-state index contributed by atoms with van der Waals surface area (Å²) in [4.78, 5) is 12.3. The SMILES string of the molecule is COc1c2c(c(OC)c3ccccc13)CN(c1ccc([N+](=O)[O-])cc1)C(=N)C2. The number of hydrogen-bond donors (Lipinski definition) is 1. The number of nitrogens with zero attached hydrogens (tertiary/aromatic N) is 2. The number of nitro groups is 1. The van der Waals surface area contributed by atoms with Gasteiger partial charge in [-0.1, -0.05) is 24.3 Å². The molecule has 0 amide bonds. The largest absolute Gasteiger partial charge is 0.496 e. The molecule has 0 unspecified atom stereocenters. The molecule has 0 bridgehead atoms. The maximum absolute atomic E-state index is 10.9. The third-order valence-electron chi connectivity index (χ3n) is 5.10. The first-order chi connectivity index (χ1) is 13.5. The van der Waals surface area contributed by atoms with Crippen LogP contribution in [-0.2, 0) is 13.0 Å². The zero-order valence-electron chi connectivity index (χ0n) is 15.6. The predicted octanol–water partition coefficient (Wildman–Crippen LogP) is 4.31. The molecule has 1 aliphatic rings. The van der Waals surface area contributed by atoms with E-state index in [1.807, 2.05) is 29.2 Å². The third kappa shape index (κ3) is 2.72. The van der Waals surface area contributed by atoms with E-state index in [4.69, 9.17) is 14.9 Å². The molecule has 7 nitrogen and oxygen atoms in total. The minimum absolute atomic E-state index is 0.0259. The molecule has 0 atom stereocenters. The van der Waals surface area contributed by atoms with Crippen molar-refractivity contribution in [3.8, 4) is 11.5 Å². The molecule has 142 valence electrons. The summed E-state index contributed by atoms with van der Waals surface area (Å²) in [5.74, 6) is 1.93. The summed E-state index contributed by atoms with van der Waals surface area (Å²) in [6, 6.07) is 14.1. The highest BCUT2D eigenvalue weighted by molar-refractivity contribution is 6.03. The summed E-state index contributed by atoms with van der Waals surface area (Å²) in [5.41, 5.74) is 2.67. The van der Waals surface area contributed by atoms with E-state index in [-0.39, 0.29) is 5.69 Å². The lowest BCUT2D eigenvalue weighted by Gasteiger charge is -2.33. The summed E-state index contributed by atoms with van der Waals surface area (Å²) in [5, 5.41) is 21.4. The van der Waals surface area contributed by atoms with E-state index < -0.39 is 4.92 Å². The van der Waals surface area contributed by atoms with Gasteiger partial charge >= 0.3 is 0 Å². The molecular weight excluding hydrogens is 358 g/mol. The molecule has 1 N–H and O–H groups in total. The van der Waals surface area contributed by atoms with Gasteiger partial charge in [0.15, 0.2) is 0 Å². The number of hydrogen-bond acceptors (Lipinski definition) is 5. The minimum Gasteiger partial charge on any atom is -0.496 e. The van der Waals surface area contributed by atoms with Crippen LogP contribution in [0.25, 0.3) is 10.8 Å². The van der Waals surface area contributed by atoms with E-state index >= 15 is 0 Å². The summed E-state index contributed by atoms with van der Waals surface area (Å²) in [7, 11) is 3.28. The molecule has 0 radical (unpaired) electrons. The monoisotopic (exact) mass is 377 g/mol. The number of non-ortho nitro benzene ring substituents is 1. The molecule has 0 spiro atoms. The second-order valence-electron chi connectivity index (χ2n) is 6.55. The summed E-state index contributed by atoms with van der Waals surface area (Å²) in [6.07, 6.45) is 0.386. The second kappa shape index (κ2) is 6.84. The van der Waals surface area contributed by atoms with Crippen molar-refractivity contribution in [3.05, 3.63) is 69.8 Å². The van der Waals surface area contributed by atoms with Crippen LogP contribution in [0.1, 0.15) is 11.1 Å². The maximum atomic E-state index is 10.9. The minimum atomic E-state index is -0.430. The number of nitrogens with one attached hydrogen (secondary N) is 1. The Morgan fingerprint density at radius 3 is 2.07 bits per heavy atom. The number of rotatable bonds is 4. The Hall–Kier alpha value is -3.61. The van der Waals surface area contributed by atoms with E-state index in [0.717, 1.165) is 39.1 Å². The fourth-order valence-electron chi connectivity index (χ4n) is 3.82. The highest BCUT2D eigenvalue weighted by Gasteiger charge is 2.29. The highest BCUT2D eigenvalue weighted by atomic mass is 16.6. The molecule has 3 aromatic rings. The molecule has 0 saturated heterocycles. The van der Waals surface area contributed by atoms with Crippen LogP contribution in [0.4, 0.5) is 11.4 Å². The summed E-state index contributed by atoms with van der Waals surface area (Å²) >= 11 is 0. The van der Waals surface area contributed by atoms with Gasteiger partial charge in [-0.25, -0.2) is 0 Å². The molecule has 1 heterocycles. The van der Waals surface area contributed by atoms with E-state index in [9.17, 15) is 10.1 Å². The summed E-state index contributed by atoms with van der Waals surface area (Å²) in [6.45, 7) is 0.427. The van der Waals surface area contributed by atoms with E-state index in [0.29, 0.717) is 18.8 Å². The van der Waals surface area contributed by atoms with Crippen LogP contribution in [0.15, 0.2) is 48.5 Å². The smallest absolute Gasteiger partial charge is 0.269 e. The molecule has 0 saturated carbocycles. The fraction of sp³-hybridized carbons (Fsp3) is 0.190.